The van der Waals surface area contributed by atoms with Crippen LogP contribution in [-0.2, 0) is 0 Å². The Morgan fingerprint density at radius 1 is 1.32 bits per heavy atom. The van der Waals surface area contributed by atoms with E-state index >= 15 is 0 Å². The van der Waals surface area contributed by atoms with E-state index in [1.54, 1.807) is 18.6 Å². The molecule has 0 bridgehead atoms. The van der Waals surface area contributed by atoms with Crippen molar-refractivity contribution >= 4 is 17.2 Å². The smallest absolute Gasteiger partial charge is 0.273 e. The highest BCUT2D eigenvalue weighted by Gasteiger charge is 2.26. The van der Waals surface area contributed by atoms with E-state index in [0.717, 1.165) is 24.4 Å². The molecule has 22 heavy (non-hydrogen) atoms. The highest BCUT2D eigenvalue weighted by atomic mass is 32.1. The van der Waals surface area contributed by atoms with Gasteiger partial charge in [-0.05, 0) is 19.8 Å². The minimum Gasteiger partial charge on any atom is -0.335 e. The predicted molar refractivity (Wildman–Crippen MR) is 86.7 cm³/mol. The van der Waals surface area contributed by atoms with Gasteiger partial charge in [0, 0.05) is 30.4 Å². The maximum Gasteiger partial charge on any atom is 0.273 e. The van der Waals surface area contributed by atoms with Crippen LogP contribution >= 0.6 is 11.3 Å². The second-order valence-corrected chi connectivity index (χ2v) is 6.37. The largest absolute Gasteiger partial charge is 0.335 e. The number of thiazole rings is 1. The molecule has 0 aliphatic heterocycles. The van der Waals surface area contributed by atoms with Crippen LogP contribution < -0.4 is 0 Å². The van der Waals surface area contributed by atoms with Crippen LogP contribution in [0.3, 0.4) is 0 Å². The lowest BCUT2D eigenvalue weighted by atomic mass is 9.94. The molecule has 116 valence electrons. The van der Waals surface area contributed by atoms with Crippen LogP contribution in [0.1, 0.15) is 49.5 Å². The molecule has 0 spiro atoms. The SMILES string of the molecule is CCN(C(=O)c1csc(-c2cnccn2)n1)C1CCCCC1. The van der Waals surface area contributed by atoms with Gasteiger partial charge in [0.05, 0.1) is 6.20 Å². The van der Waals surface area contributed by atoms with Crippen molar-refractivity contribution in [2.45, 2.75) is 45.1 Å². The highest BCUT2D eigenvalue weighted by Crippen LogP contribution is 2.26. The van der Waals surface area contributed by atoms with Gasteiger partial charge in [0.15, 0.2) is 0 Å². The van der Waals surface area contributed by atoms with Crippen LogP contribution in [0, 0.1) is 0 Å². The Hall–Kier alpha value is -1.82. The fourth-order valence-corrected chi connectivity index (χ4v) is 3.76. The maximum absolute atomic E-state index is 12.8. The lowest BCUT2D eigenvalue weighted by molar-refractivity contribution is 0.0643. The number of carbonyl (C=O) groups is 1. The average Bonchev–Trinajstić information content (AvgIpc) is 3.07. The first-order chi connectivity index (χ1) is 10.8. The minimum absolute atomic E-state index is 0.0424. The van der Waals surface area contributed by atoms with Gasteiger partial charge >= 0.3 is 0 Å². The van der Waals surface area contributed by atoms with Crippen LogP contribution in [0.4, 0.5) is 0 Å². The average molecular weight is 316 g/mol. The fourth-order valence-electron chi connectivity index (χ4n) is 3.01. The quantitative estimate of drug-likeness (QED) is 0.867. The first-order valence-electron chi connectivity index (χ1n) is 7.82. The zero-order chi connectivity index (χ0) is 15.4. The van der Waals surface area contributed by atoms with Gasteiger partial charge in [-0.2, -0.15) is 0 Å². The third kappa shape index (κ3) is 3.16. The summed E-state index contributed by atoms with van der Waals surface area (Å²) in [7, 11) is 0. The van der Waals surface area contributed by atoms with Crippen LogP contribution in [0.2, 0.25) is 0 Å². The summed E-state index contributed by atoms with van der Waals surface area (Å²) < 4.78 is 0. The molecule has 0 N–H and O–H groups in total. The van der Waals surface area contributed by atoms with E-state index in [1.807, 2.05) is 17.2 Å². The molecule has 0 radical (unpaired) electrons. The molecule has 3 rings (SSSR count). The third-order valence-corrected chi connectivity index (χ3v) is 4.99. The molecule has 2 aromatic heterocycles. The molecule has 0 atom stereocenters. The number of aromatic nitrogens is 3. The van der Waals surface area contributed by atoms with Crippen molar-refractivity contribution < 1.29 is 4.79 Å². The van der Waals surface area contributed by atoms with Crippen LogP contribution in [0.25, 0.3) is 10.7 Å². The monoisotopic (exact) mass is 316 g/mol. The van der Waals surface area contributed by atoms with Gasteiger partial charge in [0.2, 0.25) is 0 Å². The molecule has 1 aliphatic rings. The third-order valence-electron chi connectivity index (χ3n) is 4.12. The number of amides is 1. The van der Waals surface area contributed by atoms with Crippen LogP contribution in [0.5, 0.6) is 0 Å². The van der Waals surface area contributed by atoms with Gasteiger partial charge in [-0.15, -0.1) is 11.3 Å². The number of rotatable bonds is 4. The lowest BCUT2D eigenvalue weighted by Crippen LogP contribution is -2.41. The maximum atomic E-state index is 12.8. The standard InChI is InChI=1S/C16H20N4OS/c1-2-20(12-6-4-3-5-7-12)16(21)14-11-22-15(19-14)13-10-17-8-9-18-13/h8-12H,2-7H2,1H3. The normalized spacial score (nSPS) is 15.7. The van der Waals surface area contributed by atoms with Crippen LogP contribution in [0.15, 0.2) is 24.0 Å². The molecule has 0 saturated heterocycles. The molecule has 1 aliphatic carbocycles. The van der Waals surface area contributed by atoms with Crippen molar-refractivity contribution in [3.8, 4) is 10.7 Å². The Morgan fingerprint density at radius 2 is 2.14 bits per heavy atom. The Morgan fingerprint density at radius 3 is 2.82 bits per heavy atom. The Bertz CT molecular complexity index is 622. The molecule has 5 nitrogen and oxygen atoms in total. The van der Waals surface area contributed by atoms with E-state index in [4.69, 9.17) is 0 Å². The number of carbonyl (C=O) groups excluding carboxylic acids is 1. The van der Waals surface area contributed by atoms with Crippen LogP contribution in [-0.4, -0.2) is 38.3 Å². The summed E-state index contributed by atoms with van der Waals surface area (Å²) in [4.78, 5) is 27.5. The highest BCUT2D eigenvalue weighted by molar-refractivity contribution is 7.13. The van der Waals surface area contributed by atoms with Crippen molar-refractivity contribution in [2.75, 3.05) is 6.54 Å². The first-order valence-corrected chi connectivity index (χ1v) is 8.70. The summed E-state index contributed by atoms with van der Waals surface area (Å²) in [5.41, 5.74) is 1.24. The van der Waals surface area contributed by atoms with E-state index in [0.29, 0.717) is 17.4 Å². The van der Waals surface area contributed by atoms with Gasteiger partial charge < -0.3 is 4.90 Å². The number of nitrogens with zero attached hydrogens (tertiary/aromatic N) is 4. The molecule has 1 amide bonds. The van der Waals surface area contributed by atoms with Gasteiger partial charge in [-0.1, -0.05) is 19.3 Å². The molecule has 0 unspecified atom stereocenters. The van der Waals surface area contributed by atoms with E-state index in [1.165, 1.54) is 30.6 Å². The summed E-state index contributed by atoms with van der Waals surface area (Å²) in [6, 6.07) is 0.368. The summed E-state index contributed by atoms with van der Waals surface area (Å²) in [5.74, 6) is 0.0424. The second kappa shape index (κ2) is 6.96. The van der Waals surface area contributed by atoms with Gasteiger partial charge in [0.25, 0.3) is 5.91 Å². The fraction of sp³-hybridized carbons (Fsp3) is 0.500. The molecular weight excluding hydrogens is 296 g/mol. The summed E-state index contributed by atoms with van der Waals surface area (Å²) in [6.07, 6.45) is 10.9. The summed E-state index contributed by atoms with van der Waals surface area (Å²) in [6.45, 7) is 2.78. The number of hydrogen-bond acceptors (Lipinski definition) is 5. The minimum atomic E-state index is 0.0424. The summed E-state index contributed by atoms with van der Waals surface area (Å²) >= 11 is 1.44. The van der Waals surface area contributed by atoms with Crippen molar-refractivity contribution in [1.29, 1.82) is 0 Å². The van der Waals surface area contributed by atoms with Gasteiger partial charge in [0.1, 0.15) is 16.4 Å². The van der Waals surface area contributed by atoms with Crippen molar-refractivity contribution in [3.63, 3.8) is 0 Å². The van der Waals surface area contributed by atoms with E-state index < -0.39 is 0 Å². The zero-order valence-electron chi connectivity index (χ0n) is 12.7. The topological polar surface area (TPSA) is 59.0 Å². The number of hydrogen-bond donors (Lipinski definition) is 0. The van der Waals surface area contributed by atoms with Gasteiger partial charge in [-0.3, -0.25) is 14.8 Å². The molecule has 2 aromatic rings. The van der Waals surface area contributed by atoms with E-state index in [2.05, 4.69) is 15.0 Å². The molecule has 1 fully saturated rings. The zero-order valence-corrected chi connectivity index (χ0v) is 13.6. The Balaban J connectivity index is 1.78. The van der Waals surface area contributed by atoms with Crippen molar-refractivity contribution in [3.05, 3.63) is 29.7 Å². The Kier molecular flexibility index (Phi) is 4.77. The molecule has 6 heteroatoms. The molecule has 2 heterocycles. The van der Waals surface area contributed by atoms with Crippen molar-refractivity contribution in [2.24, 2.45) is 0 Å². The molecular formula is C16H20N4OS. The lowest BCUT2D eigenvalue weighted by Gasteiger charge is -2.33. The van der Waals surface area contributed by atoms with E-state index in [-0.39, 0.29) is 5.91 Å². The predicted octanol–water partition coefficient (Wildman–Crippen LogP) is 3.39. The Labute approximate surface area is 134 Å². The van der Waals surface area contributed by atoms with E-state index in [9.17, 15) is 4.79 Å². The molecule has 1 saturated carbocycles. The molecule has 0 aromatic carbocycles. The second-order valence-electron chi connectivity index (χ2n) is 5.51. The van der Waals surface area contributed by atoms with Gasteiger partial charge in [-0.25, -0.2) is 4.98 Å². The summed E-state index contributed by atoms with van der Waals surface area (Å²) in [5, 5.41) is 2.58. The first kappa shape index (κ1) is 15.1. The van der Waals surface area contributed by atoms with Crippen molar-refractivity contribution in [1.82, 2.24) is 19.9 Å².